The van der Waals surface area contributed by atoms with Crippen molar-refractivity contribution in [2.24, 2.45) is 11.7 Å². The van der Waals surface area contributed by atoms with Gasteiger partial charge in [-0.1, -0.05) is 36.2 Å². The van der Waals surface area contributed by atoms with E-state index in [1.165, 1.54) is 30.4 Å². The minimum absolute atomic E-state index is 0. The van der Waals surface area contributed by atoms with Crippen LogP contribution in [-0.4, -0.2) is 0 Å². The summed E-state index contributed by atoms with van der Waals surface area (Å²) in [4.78, 5) is 0. The van der Waals surface area contributed by atoms with Crippen LogP contribution < -0.4 is 5.73 Å². The molecule has 0 bridgehead atoms. The molecule has 2 rings (SSSR count). The smallest absolute Gasteiger partial charge is 0.0323 e. The molecule has 78 valence electrons. The summed E-state index contributed by atoms with van der Waals surface area (Å²) in [6.07, 6.45) is 3.99. The first-order valence-corrected chi connectivity index (χ1v) is 5.09. The van der Waals surface area contributed by atoms with Gasteiger partial charge in [-0.3, -0.25) is 0 Å². The van der Waals surface area contributed by atoms with Gasteiger partial charge in [0.1, 0.15) is 0 Å². The molecule has 1 fully saturated rings. The molecule has 1 aliphatic rings. The second-order valence-electron chi connectivity index (χ2n) is 4.13. The first-order valence-electron chi connectivity index (χ1n) is 5.09. The monoisotopic (exact) mass is 211 g/mol. The van der Waals surface area contributed by atoms with Gasteiger partial charge in [0.2, 0.25) is 0 Å². The Morgan fingerprint density at radius 1 is 1.36 bits per heavy atom. The van der Waals surface area contributed by atoms with Crippen LogP contribution in [0.25, 0.3) is 0 Å². The molecule has 0 spiro atoms. The zero-order valence-electron chi connectivity index (χ0n) is 8.57. The zero-order valence-corrected chi connectivity index (χ0v) is 9.39. The average Bonchev–Trinajstić information content (AvgIpc) is 2.01. The van der Waals surface area contributed by atoms with Crippen molar-refractivity contribution in [2.45, 2.75) is 32.2 Å². The molecule has 1 saturated carbocycles. The third-order valence-electron chi connectivity index (χ3n) is 3.08. The molecule has 1 aromatic rings. The first-order chi connectivity index (χ1) is 6.27. The van der Waals surface area contributed by atoms with E-state index in [0.29, 0.717) is 0 Å². The quantitative estimate of drug-likeness (QED) is 0.799. The third-order valence-corrected chi connectivity index (χ3v) is 3.08. The summed E-state index contributed by atoms with van der Waals surface area (Å²) < 4.78 is 0. The third kappa shape index (κ3) is 2.28. The molecule has 0 radical (unpaired) electrons. The van der Waals surface area contributed by atoms with E-state index in [1.807, 2.05) is 0 Å². The largest absolute Gasteiger partial charge is 0.324 e. The van der Waals surface area contributed by atoms with Crippen LogP contribution in [0.2, 0.25) is 0 Å². The molecular weight excluding hydrogens is 194 g/mol. The summed E-state index contributed by atoms with van der Waals surface area (Å²) in [5.74, 6) is 0.738. The molecule has 1 aliphatic carbocycles. The van der Waals surface area contributed by atoms with E-state index >= 15 is 0 Å². The van der Waals surface area contributed by atoms with Crippen molar-refractivity contribution in [1.82, 2.24) is 0 Å². The summed E-state index contributed by atoms with van der Waals surface area (Å²) in [5, 5.41) is 0. The van der Waals surface area contributed by atoms with Crippen molar-refractivity contribution in [3.8, 4) is 0 Å². The predicted octanol–water partition coefficient (Wildman–Crippen LogP) is 3.22. The SMILES string of the molecule is Cc1cccc([C@@H](N)C2CCC2)c1.Cl. The number of aryl methyl sites for hydroxylation is 1. The lowest BCUT2D eigenvalue weighted by Crippen LogP contribution is -2.26. The fourth-order valence-corrected chi connectivity index (χ4v) is 1.95. The summed E-state index contributed by atoms with van der Waals surface area (Å²) in [6, 6.07) is 8.85. The van der Waals surface area contributed by atoms with E-state index in [4.69, 9.17) is 5.73 Å². The fourth-order valence-electron chi connectivity index (χ4n) is 1.95. The highest BCUT2D eigenvalue weighted by molar-refractivity contribution is 5.85. The number of hydrogen-bond donors (Lipinski definition) is 1. The van der Waals surface area contributed by atoms with Crippen molar-refractivity contribution < 1.29 is 0 Å². The van der Waals surface area contributed by atoms with Crippen molar-refractivity contribution in [3.05, 3.63) is 35.4 Å². The Bertz CT molecular complexity index is 294. The Kier molecular flexibility index (Phi) is 3.97. The van der Waals surface area contributed by atoms with Crippen LogP contribution in [0.4, 0.5) is 0 Å². The van der Waals surface area contributed by atoms with Crippen LogP contribution in [0.15, 0.2) is 24.3 Å². The van der Waals surface area contributed by atoms with E-state index in [-0.39, 0.29) is 18.4 Å². The van der Waals surface area contributed by atoms with Gasteiger partial charge < -0.3 is 5.73 Å². The maximum atomic E-state index is 6.17. The predicted molar refractivity (Wildman–Crippen MR) is 62.7 cm³/mol. The average molecular weight is 212 g/mol. The van der Waals surface area contributed by atoms with Gasteiger partial charge in [-0.05, 0) is 31.2 Å². The van der Waals surface area contributed by atoms with Gasteiger partial charge >= 0.3 is 0 Å². The van der Waals surface area contributed by atoms with Crippen LogP contribution >= 0.6 is 12.4 Å². The number of rotatable bonds is 2. The first kappa shape index (κ1) is 11.5. The van der Waals surface area contributed by atoms with Crippen LogP contribution in [0.1, 0.15) is 36.4 Å². The molecule has 1 aromatic carbocycles. The highest BCUT2D eigenvalue weighted by Gasteiger charge is 2.25. The summed E-state index contributed by atoms with van der Waals surface area (Å²) in [5.41, 5.74) is 8.79. The maximum absolute atomic E-state index is 6.17. The van der Waals surface area contributed by atoms with Gasteiger partial charge in [0.05, 0.1) is 0 Å². The van der Waals surface area contributed by atoms with Gasteiger partial charge in [0.25, 0.3) is 0 Å². The number of hydrogen-bond acceptors (Lipinski definition) is 1. The Morgan fingerprint density at radius 2 is 2.07 bits per heavy atom. The molecule has 0 saturated heterocycles. The van der Waals surface area contributed by atoms with Crippen molar-refractivity contribution >= 4 is 12.4 Å². The molecular formula is C12H18ClN. The fraction of sp³-hybridized carbons (Fsp3) is 0.500. The lowest BCUT2D eigenvalue weighted by molar-refractivity contribution is 0.264. The molecule has 1 atom stereocenters. The topological polar surface area (TPSA) is 26.0 Å². The lowest BCUT2D eigenvalue weighted by Gasteiger charge is -2.31. The van der Waals surface area contributed by atoms with Gasteiger partial charge in [0.15, 0.2) is 0 Å². The molecule has 14 heavy (non-hydrogen) atoms. The highest BCUT2D eigenvalue weighted by Crippen LogP contribution is 2.36. The summed E-state index contributed by atoms with van der Waals surface area (Å²) >= 11 is 0. The van der Waals surface area contributed by atoms with E-state index < -0.39 is 0 Å². The minimum Gasteiger partial charge on any atom is -0.324 e. The van der Waals surface area contributed by atoms with Crippen LogP contribution in [0.5, 0.6) is 0 Å². The Balaban J connectivity index is 0.000000980. The maximum Gasteiger partial charge on any atom is 0.0323 e. The number of benzene rings is 1. The Hall–Kier alpha value is -0.530. The van der Waals surface area contributed by atoms with Crippen LogP contribution in [0.3, 0.4) is 0 Å². The van der Waals surface area contributed by atoms with E-state index in [2.05, 4.69) is 31.2 Å². The van der Waals surface area contributed by atoms with Crippen LogP contribution in [0, 0.1) is 12.8 Å². The summed E-state index contributed by atoms with van der Waals surface area (Å²) in [6.45, 7) is 2.12. The standard InChI is InChI=1S/C12H17N.ClH/c1-9-4-2-7-11(8-9)12(13)10-5-3-6-10;/h2,4,7-8,10,12H,3,5-6,13H2,1H3;1H/t12-;/m0./s1. The molecule has 2 N–H and O–H groups in total. The Labute approximate surface area is 92.1 Å². The second kappa shape index (κ2) is 4.81. The van der Waals surface area contributed by atoms with Gasteiger partial charge in [-0.15, -0.1) is 12.4 Å². The Morgan fingerprint density at radius 3 is 2.57 bits per heavy atom. The number of nitrogens with two attached hydrogens (primary N) is 1. The van der Waals surface area contributed by atoms with Crippen LogP contribution in [-0.2, 0) is 0 Å². The van der Waals surface area contributed by atoms with E-state index in [1.54, 1.807) is 0 Å². The normalized spacial score (nSPS) is 18.1. The summed E-state index contributed by atoms with van der Waals surface area (Å²) in [7, 11) is 0. The van der Waals surface area contributed by atoms with E-state index in [9.17, 15) is 0 Å². The van der Waals surface area contributed by atoms with E-state index in [0.717, 1.165) is 5.92 Å². The zero-order chi connectivity index (χ0) is 9.26. The minimum atomic E-state index is 0. The molecule has 2 heteroatoms. The molecule has 0 heterocycles. The molecule has 0 aromatic heterocycles. The second-order valence-corrected chi connectivity index (χ2v) is 4.13. The molecule has 1 nitrogen and oxygen atoms in total. The van der Waals surface area contributed by atoms with Crippen molar-refractivity contribution in [2.75, 3.05) is 0 Å². The molecule has 0 aliphatic heterocycles. The van der Waals surface area contributed by atoms with Gasteiger partial charge in [0, 0.05) is 6.04 Å². The lowest BCUT2D eigenvalue weighted by atomic mass is 9.77. The van der Waals surface area contributed by atoms with Gasteiger partial charge in [-0.2, -0.15) is 0 Å². The number of halogens is 1. The molecule has 0 amide bonds. The van der Waals surface area contributed by atoms with Crippen molar-refractivity contribution in [3.63, 3.8) is 0 Å². The molecule has 0 unspecified atom stereocenters. The van der Waals surface area contributed by atoms with Crippen molar-refractivity contribution in [1.29, 1.82) is 0 Å². The highest BCUT2D eigenvalue weighted by atomic mass is 35.5. The van der Waals surface area contributed by atoms with Gasteiger partial charge in [-0.25, -0.2) is 0 Å².